The summed E-state index contributed by atoms with van der Waals surface area (Å²) in [5.74, 6) is 0.315. The van der Waals surface area contributed by atoms with Crippen LogP contribution in [-0.4, -0.2) is 14.0 Å². The molecule has 0 aliphatic carbocycles. The molecular weight excluding hydrogens is 294 g/mol. The SMILES string of the molecule is CCc1nn(C)c(CS(=O)c2cccc(C)c2N)c1Cl. The number of nitrogens with two attached hydrogens (primary N) is 1. The molecule has 0 bridgehead atoms. The van der Waals surface area contributed by atoms with Crippen molar-refractivity contribution in [1.82, 2.24) is 9.78 Å². The highest BCUT2D eigenvalue weighted by atomic mass is 35.5. The van der Waals surface area contributed by atoms with Crippen molar-refractivity contribution >= 4 is 28.1 Å². The second-order valence-corrected chi connectivity index (χ2v) is 6.46. The summed E-state index contributed by atoms with van der Waals surface area (Å²) in [7, 11) is 0.581. The van der Waals surface area contributed by atoms with Crippen LogP contribution in [0.3, 0.4) is 0 Å². The van der Waals surface area contributed by atoms with Crippen LogP contribution in [0, 0.1) is 6.92 Å². The number of halogens is 1. The van der Waals surface area contributed by atoms with Crippen LogP contribution in [0.4, 0.5) is 5.69 Å². The third-order valence-corrected chi connectivity index (χ3v) is 5.12. The van der Waals surface area contributed by atoms with Gasteiger partial charge in [-0.2, -0.15) is 5.10 Å². The largest absolute Gasteiger partial charge is 0.398 e. The Kier molecular flexibility index (Phi) is 4.50. The fraction of sp³-hybridized carbons (Fsp3) is 0.357. The van der Waals surface area contributed by atoms with Crippen molar-refractivity contribution in [3.05, 3.63) is 40.2 Å². The minimum Gasteiger partial charge on any atom is -0.398 e. The number of aryl methyl sites for hydroxylation is 3. The number of para-hydroxylation sites is 1. The van der Waals surface area contributed by atoms with E-state index in [0.717, 1.165) is 23.4 Å². The average Bonchev–Trinajstić information content (AvgIpc) is 2.69. The maximum atomic E-state index is 12.5. The number of anilines is 1. The summed E-state index contributed by atoms with van der Waals surface area (Å²) < 4.78 is 14.2. The summed E-state index contributed by atoms with van der Waals surface area (Å²) in [5.41, 5.74) is 9.12. The molecule has 2 rings (SSSR count). The number of nitrogens with zero attached hydrogens (tertiary/aromatic N) is 2. The fourth-order valence-corrected chi connectivity index (χ4v) is 3.84. The van der Waals surface area contributed by atoms with Gasteiger partial charge in [-0.05, 0) is 25.0 Å². The van der Waals surface area contributed by atoms with Crippen LogP contribution in [-0.2, 0) is 30.0 Å². The van der Waals surface area contributed by atoms with E-state index in [1.54, 1.807) is 10.7 Å². The molecule has 0 saturated carbocycles. The van der Waals surface area contributed by atoms with Gasteiger partial charge in [0.1, 0.15) is 0 Å². The second-order valence-electron chi connectivity index (χ2n) is 4.66. The fourth-order valence-electron chi connectivity index (χ4n) is 2.03. The monoisotopic (exact) mass is 311 g/mol. The summed E-state index contributed by atoms with van der Waals surface area (Å²) in [6.45, 7) is 3.90. The normalized spacial score (nSPS) is 12.6. The molecule has 0 saturated heterocycles. The van der Waals surface area contributed by atoms with Crippen molar-refractivity contribution in [2.24, 2.45) is 7.05 Å². The van der Waals surface area contributed by atoms with E-state index in [1.165, 1.54) is 0 Å². The van der Waals surface area contributed by atoms with Crippen molar-refractivity contribution in [3.8, 4) is 0 Å². The van der Waals surface area contributed by atoms with Crippen LogP contribution in [0.15, 0.2) is 23.1 Å². The van der Waals surface area contributed by atoms with Crippen LogP contribution < -0.4 is 5.73 Å². The third-order valence-electron chi connectivity index (χ3n) is 3.30. The van der Waals surface area contributed by atoms with Crippen LogP contribution in [0.1, 0.15) is 23.9 Å². The molecule has 2 aromatic rings. The topological polar surface area (TPSA) is 60.9 Å². The van der Waals surface area contributed by atoms with Crippen LogP contribution in [0.5, 0.6) is 0 Å². The molecule has 0 radical (unpaired) electrons. The van der Waals surface area contributed by atoms with Crippen LogP contribution in [0.25, 0.3) is 0 Å². The van der Waals surface area contributed by atoms with Gasteiger partial charge in [0.25, 0.3) is 0 Å². The first-order chi connectivity index (χ1) is 9.45. The molecule has 6 heteroatoms. The zero-order valence-corrected chi connectivity index (χ0v) is 13.4. The molecule has 1 aromatic carbocycles. The van der Waals surface area contributed by atoms with Crippen LogP contribution in [0.2, 0.25) is 5.02 Å². The van der Waals surface area contributed by atoms with Gasteiger partial charge < -0.3 is 5.73 Å². The Labute approximate surface area is 126 Å². The van der Waals surface area contributed by atoms with Gasteiger partial charge in [-0.15, -0.1) is 0 Å². The van der Waals surface area contributed by atoms with E-state index in [0.29, 0.717) is 21.4 Å². The summed E-state index contributed by atoms with van der Waals surface area (Å²) in [4.78, 5) is 0.653. The van der Waals surface area contributed by atoms with Crippen molar-refractivity contribution in [3.63, 3.8) is 0 Å². The Bertz CT molecular complexity index is 667. The predicted octanol–water partition coefficient (Wildman–Crippen LogP) is 2.83. The Morgan fingerprint density at radius 3 is 2.75 bits per heavy atom. The van der Waals surface area contributed by atoms with E-state index in [1.807, 2.05) is 33.0 Å². The van der Waals surface area contributed by atoms with Gasteiger partial charge in [0, 0.05) is 7.05 Å². The van der Waals surface area contributed by atoms with Crippen molar-refractivity contribution in [2.45, 2.75) is 30.9 Å². The number of hydrogen-bond donors (Lipinski definition) is 1. The lowest BCUT2D eigenvalue weighted by Crippen LogP contribution is -2.06. The lowest BCUT2D eigenvalue weighted by molar-refractivity contribution is 0.675. The van der Waals surface area contributed by atoms with Gasteiger partial charge in [-0.3, -0.25) is 8.89 Å². The van der Waals surface area contributed by atoms with Gasteiger partial charge in [0.15, 0.2) is 0 Å². The molecule has 0 spiro atoms. The van der Waals surface area contributed by atoms with Crippen LogP contribution >= 0.6 is 11.6 Å². The Hall–Kier alpha value is -1.33. The van der Waals surface area contributed by atoms with Gasteiger partial charge in [0.2, 0.25) is 0 Å². The van der Waals surface area contributed by atoms with E-state index in [9.17, 15) is 4.21 Å². The highest BCUT2D eigenvalue weighted by Crippen LogP contribution is 2.26. The third kappa shape index (κ3) is 2.74. The van der Waals surface area contributed by atoms with Crippen molar-refractivity contribution in [1.29, 1.82) is 0 Å². The molecule has 1 atom stereocenters. The molecule has 0 aliphatic heterocycles. The summed E-state index contributed by atoms with van der Waals surface area (Å²) in [6.07, 6.45) is 0.756. The smallest absolute Gasteiger partial charge is 0.0859 e. The van der Waals surface area contributed by atoms with Gasteiger partial charge >= 0.3 is 0 Å². The summed E-state index contributed by atoms with van der Waals surface area (Å²) in [5, 5.41) is 4.94. The molecule has 108 valence electrons. The number of rotatable bonds is 4. The van der Waals surface area contributed by atoms with Crippen molar-refractivity contribution in [2.75, 3.05) is 5.73 Å². The highest BCUT2D eigenvalue weighted by molar-refractivity contribution is 7.84. The maximum absolute atomic E-state index is 12.5. The maximum Gasteiger partial charge on any atom is 0.0859 e. The molecule has 1 unspecified atom stereocenters. The average molecular weight is 312 g/mol. The Morgan fingerprint density at radius 2 is 2.15 bits per heavy atom. The minimum absolute atomic E-state index is 0.315. The number of aromatic nitrogens is 2. The molecule has 1 heterocycles. The van der Waals surface area contributed by atoms with E-state index in [4.69, 9.17) is 17.3 Å². The molecule has 4 nitrogen and oxygen atoms in total. The van der Waals surface area contributed by atoms with Crippen molar-refractivity contribution < 1.29 is 4.21 Å². The lowest BCUT2D eigenvalue weighted by atomic mass is 10.2. The first-order valence-electron chi connectivity index (χ1n) is 6.39. The molecule has 0 aliphatic rings. The van der Waals surface area contributed by atoms with Gasteiger partial charge in [-0.1, -0.05) is 30.7 Å². The lowest BCUT2D eigenvalue weighted by Gasteiger charge is -2.08. The summed E-state index contributed by atoms with van der Waals surface area (Å²) >= 11 is 6.28. The number of hydrogen-bond acceptors (Lipinski definition) is 3. The number of benzene rings is 1. The molecule has 20 heavy (non-hydrogen) atoms. The molecular formula is C14H18ClN3OS. The van der Waals surface area contributed by atoms with Gasteiger partial charge in [0.05, 0.1) is 43.5 Å². The first-order valence-corrected chi connectivity index (χ1v) is 8.09. The molecule has 2 N–H and O–H groups in total. The van der Waals surface area contributed by atoms with E-state index < -0.39 is 10.8 Å². The van der Waals surface area contributed by atoms with E-state index in [-0.39, 0.29) is 0 Å². The molecule has 0 amide bonds. The van der Waals surface area contributed by atoms with E-state index >= 15 is 0 Å². The standard InChI is InChI=1S/C14H18ClN3OS/c1-4-10-13(15)11(18(3)17-10)8-20(19)12-7-5-6-9(2)14(12)16/h5-7H,4,8,16H2,1-3H3. The Balaban J connectivity index is 2.33. The quantitative estimate of drug-likeness (QED) is 0.883. The van der Waals surface area contributed by atoms with Gasteiger partial charge in [-0.25, -0.2) is 0 Å². The molecule has 1 aromatic heterocycles. The second kappa shape index (κ2) is 5.97. The predicted molar refractivity (Wildman–Crippen MR) is 83.3 cm³/mol. The summed E-state index contributed by atoms with van der Waals surface area (Å²) in [6, 6.07) is 5.56. The highest BCUT2D eigenvalue weighted by Gasteiger charge is 2.17. The minimum atomic E-state index is -1.24. The zero-order chi connectivity index (χ0) is 14.9. The first kappa shape index (κ1) is 15.1. The number of nitrogen functional groups attached to an aromatic ring is 1. The van der Waals surface area contributed by atoms with E-state index in [2.05, 4.69) is 5.10 Å². The Morgan fingerprint density at radius 1 is 1.45 bits per heavy atom. The zero-order valence-electron chi connectivity index (χ0n) is 11.8. The molecule has 0 fully saturated rings.